The molecule has 0 bridgehead atoms. The van der Waals surface area contributed by atoms with Crippen LogP contribution in [0.3, 0.4) is 0 Å². The molecule has 3 fully saturated rings. The Kier molecular flexibility index (Phi) is 4.26. The molecule has 0 amide bonds. The maximum atomic E-state index is 10.3. The van der Waals surface area contributed by atoms with Gasteiger partial charge >= 0.3 is 0 Å². The Morgan fingerprint density at radius 1 is 0.867 bits per heavy atom. The predicted octanol–water partition coefficient (Wildman–Crippen LogP) is 2.15. The largest absolute Gasteiger partial charge is 0.399 e. The van der Waals surface area contributed by atoms with Crippen LogP contribution in [0.25, 0.3) is 0 Å². The molecular formula is C22H24N4O4. The van der Waals surface area contributed by atoms with Crippen LogP contribution in [-0.4, -0.2) is 38.0 Å². The summed E-state index contributed by atoms with van der Waals surface area (Å²) in [5, 5.41) is 30.5. The van der Waals surface area contributed by atoms with Gasteiger partial charge in [-0.1, -0.05) is 6.08 Å². The van der Waals surface area contributed by atoms with Gasteiger partial charge in [0.1, 0.15) is 6.07 Å². The molecule has 0 aromatic rings. The van der Waals surface area contributed by atoms with Crippen molar-refractivity contribution in [3.8, 4) is 18.2 Å². The molecule has 5 aliphatic rings. The van der Waals surface area contributed by atoms with Gasteiger partial charge in [-0.2, -0.15) is 15.8 Å². The maximum Gasteiger partial charge on any atom is 0.190 e. The van der Waals surface area contributed by atoms with Gasteiger partial charge in [-0.25, -0.2) is 0 Å². The lowest BCUT2D eigenvalue weighted by molar-refractivity contribution is -0.214. The van der Waals surface area contributed by atoms with Gasteiger partial charge in [-0.3, -0.25) is 0 Å². The van der Waals surface area contributed by atoms with Gasteiger partial charge < -0.3 is 24.7 Å². The molecule has 0 aromatic heterocycles. The van der Waals surface area contributed by atoms with Crippen molar-refractivity contribution in [2.24, 2.45) is 22.5 Å². The normalized spacial score (nSPS) is 32.3. The summed E-state index contributed by atoms with van der Waals surface area (Å²) in [5.74, 6) is -1.66. The van der Waals surface area contributed by atoms with Gasteiger partial charge in [0.15, 0.2) is 17.0 Å². The minimum absolute atomic E-state index is 0.0749. The van der Waals surface area contributed by atoms with Gasteiger partial charge in [0.2, 0.25) is 0 Å². The summed E-state index contributed by atoms with van der Waals surface area (Å²) in [6, 6.07) is 6.67. The highest BCUT2D eigenvalue weighted by atomic mass is 16.7. The monoisotopic (exact) mass is 408 g/mol. The van der Waals surface area contributed by atoms with Crippen LogP contribution >= 0.6 is 0 Å². The second kappa shape index (κ2) is 6.54. The van der Waals surface area contributed by atoms with Crippen LogP contribution in [0.2, 0.25) is 0 Å². The SMILES string of the molecule is N#CC1=C(N)C(C#N)(C#N)C2(CCC3(CC2)OCCO3)[C@H]2CC3(CC=C12)OCCO3. The number of nitrogens with zero attached hydrogens (tertiary/aromatic N) is 3. The van der Waals surface area contributed by atoms with Crippen LogP contribution in [0.15, 0.2) is 22.9 Å². The van der Waals surface area contributed by atoms with E-state index in [1.165, 1.54) is 0 Å². The first kappa shape index (κ1) is 19.5. The van der Waals surface area contributed by atoms with Crippen molar-refractivity contribution >= 4 is 0 Å². The number of nitriles is 3. The summed E-state index contributed by atoms with van der Waals surface area (Å²) < 4.78 is 23.8. The third-order valence-electron chi connectivity index (χ3n) is 7.88. The zero-order chi connectivity index (χ0) is 21.0. The fraction of sp³-hybridized carbons (Fsp3) is 0.682. The molecule has 2 aliphatic heterocycles. The molecule has 8 heteroatoms. The van der Waals surface area contributed by atoms with Crippen molar-refractivity contribution in [3.63, 3.8) is 0 Å². The Balaban J connectivity index is 1.67. The Morgan fingerprint density at radius 3 is 1.97 bits per heavy atom. The standard InChI is InChI=1S/C22H24N4O4/c23-12-16-15-1-2-22(29-9-10-30-22)11-17(15)19(20(13-24,14-25)18(16)26)3-5-21(6-4-19)27-7-8-28-21/h1,17H,2-11,26H2/t17-/m0/s1. The van der Waals surface area contributed by atoms with Gasteiger partial charge in [-0.15, -0.1) is 0 Å². The molecule has 3 aliphatic carbocycles. The Morgan fingerprint density at radius 2 is 1.43 bits per heavy atom. The Labute approximate surface area is 175 Å². The number of nitrogens with two attached hydrogens (primary N) is 1. The highest BCUT2D eigenvalue weighted by Crippen LogP contribution is 2.67. The molecule has 2 N–H and O–H groups in total. The summed E-state index contributed by atoms with van der Waals surface area (Å²) in [7, 11) is 0. The van der Waals surface area contributed by atoms with Gasteiger partial charge in [0.25, 0.3) is 0 Å². The number of fused-ring (bicyclic) bond motifs is 2. The van der Waals surface area contributed by atoms with Gasteiger partial charge in [0, 0.05) is 31.1 Å². The molecule has 2 heterocycles. The van der Waals surface area contributed by atoms with E-state index in [1.54, 1.807) is 0 Å². The second-order valence-corrected chi connectivity index (χ2v) is 8.87. The zero-order valence-electron chi connectivity index (χ0n) is 16.8. The fourth-order valence-electron chi connectivity index (χ4n) is 6.37. The summed E-state index contributed by atoms with van der Waals surface area (Å²) in [5.41, 5.74) is 5.23. The number of ether oxygens (including phenoxy) is 4. The van der Waals surface area contributed by atoms with E-state index < -0.39 is 22.4 Å². The quantitative estimate of drug-likeness (QED) is 0.644. The Bertz CT molecular complexity index is 927. The fourth-order valence-corrected chi connectivity index (χ4v) is 6.37. The van der Waals surface area contributed by atoms with Crippen LogP contribution in [0.5, 0.6) is 0 Å². The minimum Gasteiger partial charge on any atom is -0.399 e. The summed E-state index contributed by atoms with van der Waals surface area (Å²) >= 11 is 0. The first-order chi connectivity index (χ1) is 14.5. The molecule has 1 atom stereocenters. The lowest BCUT2D eigenvalue weighted by Crippen LogP contribution is -2.58. The van der Waals surface area contributed by atoms with Crippen molar-refractivity contribution in [2.75, 3.05) is 26.4 Å². The molecular weight excluding hydrogens is 384 g/mol. The van der Waals surface area contributed by atoms with E-state index in [2.05, 4.69) is 18.2 Å². The van der Waals surface area contributed by atoms with Crippen LogP contribution in [0.4, 0.5) is 0 Å². The third-order valence-corrected chi connectivity index (χ3v) is 7.88. The molecule has 1 saturated carbocycles. The van der Waals surface area contributed by atoms with Crippen molar-refractivity contribution in [1.29, 1.82) is 15.8 Å². The lowest BCUT2D eigenvalue weighted by Gasteiger charge is -2.58. The van der Waals surface area contributed by atoms with Crippen molar-refractivity contribution in [1.82, 2.24) is 0 Å². The molecule has 8 nitrogen and oxygen atoms in total. The minimum atomic E-state index is -1.60. The maximum absolute atomic E-state index is 10.3. The molecule has 3 spiro atoms. The zero-order valence-corrected chi connectivity index (χ0v) is 16.8. The van der Waals surface area contributed by atoms with E-state index in [4.69, 9.17) is 24.7 Å². The van der Waals surface area contributed by atoms with Crippen molar-refractivity contribution < 1.29 is 18.9 Å². The van der Waals surface area contributed by atoms with E-state index in [-0.39, 0.29) is 17.2 Å². The average Bonchev–Trinajstić information content (AvgIpc) is 3.42. The number of hydrogen-bond acceptors (Lipinski definition) is 8. The van der Waals surface area contributed by atoms with Crippen LogP contribution in [0.1, 0.15) is 38.5 Å². The number of rotatable bonds is 0. The molecule has 2 saturated heterocycles. The first-order valence-electron chi connectivity index (χ1n) is 10.5. The van der Waals surface area contributed by atoms with Crippen molar-refractivity contribution in [2.45, 2.75) is 50.1 Å². The van der Waals surface area contributed by atoms with Crippen molar-refractivity contribution in [3.05, 3.63) is 22.9 Å². The average molecular weight is 408 g/mol. The summed E-state index contributed by atoms with van der Waals surface area (Å²) in [6.45, 7) is 2.13. The molecule has 0 radical (unpaired) electrons. The molecule has 0 unspecified atom stereocenters. The van der Waals surface area contributed by atoms with E-state index >= 15 is 0 Å². The van der Waals surface area contributed by atoms with E-state index in [1.807, 2.05) is 6.08 Å². The number of hydrogen-bond donors (Lipinski definition) is 1. The predicted molar refractivity (Wildman–Crippen MR) is 101 cm³/mol. The summed E-state index contributed by atoms with van der Waals surface area (Å²) in [6.07, 6.45) is 5.21. The van der Waals surface area contributed by atoms with Gasteiger partial charge in [-0.05, 0) is 24.3 Å². The molecule has 5 rings (SSSR count). The van der Waals surface area contributed by atoms with E-state index in [9.17, 15) is 15.8 Å². The topological polar surface area (TPSA) is 134 Å². The van der Waals surface area contributed by atoms with Crippen LogP contribution in [0, 0.1) is 50.7 Å². The number of allylic oxidation sites excluding steroid dienone is 3. The third kappa shape index (κ3) is 2.32. The van der Waals surface area contributed by atoms with E-state index in [0.717, 1.165) is 5.57 Å². The van der Waals surface area contributed by atoms with Crippen LogP contribution < -0.4 is 5.73 Å². The lowest BCUT2D eigenvalue weighted by atomic mass is 9.44. The highest BCUT2D eigenvalue weighted by Gasteiger charge is 2.67. The molecule has 156 valence electrons. The summed E-state index contributed by atoms with van der Waals surface area (Å²) in [4.78, 5) is 0. The Hall–Kier alpha value is -2.41. The molecule has 30 heavy (non-hydrogen) atoms. The first-order valence-corrected chi connectivity index (χ1v) is 10.5. The smallest absolute Gasteiger partial charge is 0.190 e. The molecule has 0 aromatic carbocycles. The highest BCUT2D eigenvalue weighted by molar-refractivity contribution is 5.58. The van der Waals surface area contributed by atoms with E-state index in [0.29, 0.717) is 65.0 Å². The second-order valence-electron chi connectivity index (χ2n) is 8.87. The van der Waals surface area contributed by atoms with Crippen LogP contribution in [-0.2, 0) is 18.9 Å². The van der Waals surface area contributed by atoms with Gasteiger partial charge in [0.05, 0.1) is 49.8 Å².